The van der Waals surface area contributed by atoms with Gasteiger partial charge in [-0.2, -0.15) is 0 Å². The Hall–Kier alpha value is -2.14. The number of rotatable bonds is 8. The van der Waals surface area contributed by atoms with Crippen LogP contribution in [-0.4, -0.2) is 18.3 Å². The van der Waals surface area contributed by atoms with Gasteiger partial charge in [-0.05, 0) is 66.3 Å². The van der Waals surface area contributed by atoms with Crippen molar-refractivity contribution >= 4 is 45.7 Å². The fourth-order valence-corrected chi connectivity index (χ4v) is 2.61. The van der Waals surface area contributed by atoms with Crippen LogP contribution in [0.2, 0.25) is 0 Å². The number of Topliss-reactive ketones (excluding diaryl/α,β-unsaturated/α-hetero) is 1. The van der Waals surface area contributed by atoms with Crippen LogP contribution in [-0.2, 0) is 9.63 Å². The Balaban J connectivity index is 2.18. The molecule has 5 nitrogen and oxygen atoms in total. The molecule has 2 N–H and O–H groups in total. The first-order valence-electron chi connectivity index (χ1n) is 7.91. The van der Waals surface area contributed by atoms with Crippen molar-refractivity contribution in [1.82, 2.24) is 5.48 Å². The summed E-state index contributed by atoms with van der Waals surface area (Å²) in [6.07, 6.45) is 0.687. The van der Waals surface area contributed by atoms with Crippen LogP contribution in [0.1, 0.15) is 30.1 Å². The fraction of sp³-hybridized carbons (Fsp3) is 0.222. The van der Waals surface area contributed by atoms with Crippen molar-refractivity contribution in [2.45, 2.75) is 19.8 Å². The van der Waals surface area contributed by atoms with E-state index in [1.165, 1.54) is 19.1 Å². The van der Waals surface area contributed by atoms with E-state index in [9.17, 15) is 22.8 Å². The van der Waals surface area contributed by atoms with E-state index in [0.29, 0.717) is 16.4 Å². The molecule has 0 saturated heterocycles. The molecule has 0 heterocycles. The smallest absolute Gasteiger partial charge is 0.277 e. The standard InChI is InChI=1S/C18H16F3IN2O3/c1-10(25)3-2-8-27-24-18(26)12-5-6-13(19)16(21)17(12)23-15-7-4-11(22)9-14(15)20/h4-7,9,23H,2-3,8H2,1H3,(H,24,26). The molecule has 27 heavy (non-hydrogen) atoms. The summed E-state index contributed by atoms with van der Waals surface area (Å²) in [5.74, 6) is -4.06. The maximum Gasteiger partial charge on any atom is 0.277 e. The highest BCUT2D eigenvalue weighted by Gasteiger charge is 2.20. The Morgan fingerprint density at radius 1 is 1.11 bits per heavy atom. The molecule has 2 rings (SSSR count). The monoisotopic (exact) mass is 492 g/mol. The fourth-order valence-electron chi connectivity index (χ4n) is 2.15. The molecule has 0 fully saturated rings. The summed E-state index contributed by atoms with van der Waals surface area (Å²) >= 11 is 1.90. The van der Waals surface area contributed by atoms with Gasteiger partial charge in [0.25, 0.3) is 5.91 Å². The summed E-state index contributed by atoms with van der Waals surface area (Å²) in [6.45, 7) is 1.51. The van der Waals surface area contributed by atoms with Crippen LogP contribution in [0.4, 0.5) is 24.5 Å². The van der Waals surface area contributed by atoms with E-state index in [-0.39, 0.29) is 23.6 Å². The summed E-state index contributed by atoms with van der Waals surface area (Å²) < 4.78 is 42.5. The number of carbonyl (C=O) groups is 2. The molecule has 144 valence electrons. The van der Waals surface area contributed by atoms with E-state index in [0.717, 1.165) is 12.1 Å². The van der Waals surface area contributed by atoms with Gasteiger partial charge >= 0.3 is 0 Å². The van der Waals surface area contributed by atoms with Gasteiger partial charge in [0.2, 0.25) is 0 Å². The SMILES string of the molecule is CC(=O)CCCONC(=O)c1ccc(F)c(F)c1Nc1ccc(I)cc1F. The van der Waals surface area contributed by atoms with Gasteiger partial charge in [0.05, 0.1) is 23.5 Å². The van der Waals surface area contributed by atoms with Crippen molar-refractivity contribution < 1.29 is 27.6 Å². The molecule has 0 aliphatic carbocycles. The van der Waals surface area contributed by atoms with Gasteiger partial charge in [-0.1, -0.05) is 0 Å². The third-order valence-corrected chi connectivity index (χ3v) is 4.14. The topological polar surface area (TPSA) is 67.4 Å². The Morgan fingerprint density at radius 2 is 1.85 bits per heavy atom. The zero-order valence-corrected chi connectivity index (χ0v) is 16.4. The normalized spacial score (nSPS) is 10.6. The zero-order chi connectivity index (χ0) is 20.0. The molecular weight excluding hydrogens is 476 g/mol. The van der Waals surface area contributed by atoms with Crippen LogP contribution in [0.25, 0.3) is 0 Å². The number of hydroxylamine groups is 1. The lowest BCUT2D eigenvalue weighted by Gasteiger charge is -2.14. The first kappa shape index (κ1) is 21.2. The third kappa shape index (κ3) is 5.93. The minimum atomic E-state index is -1.32. The quantitative estimate of drug-likeness (QED) is 0.324. The van der Waals surface area contributed by atoms with E-state index in [4.69, 9.17) is 4.84 Å². The van der Waals surface area contributed by atoms with Crippen LogP contribution < -0.4 is 10.8 Å². The van der Waals surface area contributed by atoms with E-state index in [2.05, 4.69) is 10.8 Å². The zero-order valence-electron chi connectivity index (χ0n) is 14.2. The molecule has 1 amide bonds. The summed E-state index contributed by atoms with van der Waals surface area (Å²) in [5, 5.41) is 2.42. The average molecular weight is 492 g/mol. The number of benzene rings is 2. The predicted molar refractivity (Wildman–Crippen MR) is 102 cm³/mol. The highest BCUT2D eigenvalue weighted by Crippen LogP contribution is 2.28. The molecule has 0 aromatic heterocycles. The van der Waals surface area contributed by atoms with Crippen molar-refractivity contribution in [3.63, 3.8) is 0 Å². The largest absolute Gasteiger partial charge is 0.350 e. The second-order valence-corrected chi connectivity index (χ2v) is 6.86. The Morgan fingerprint density at radius 3 is 2.52 bits per heavy atom. The molecule has 2 aromatic carbocycles. The van der Waals surface area contributed by atoms with Gasteiger partial charge in [0.1, 0.15) is 11.6 Å². The second kappa shape index (κ2) is 9.70. The summed E-state index contributed by atoms with van der Waals surface area (Å²) in [5.41, 5.74) is 1.20. The van der Waals surface area contributed by atoms with E-state index in [1.54, 1.807) is 6.07 Å². The highest BCUT2D eigenvalue weighted by molar-refractivity contribution is 14.1. The first-order chi connectivity index (χ1) is 12.8. The second-order valence-electron chi connectivity index (χ2n) is 5.62. The predicted octanol–water partition coefficient (Wildman–Crippen LogP) is 4.48. The van der Waals surface area contributed by atoms with Gasteiger partial charge in [0, 0.05) is 9.99 Å². The summed E-state index contributed by atoms with van der Waals surface area (Å²) in [6, 6.07) is 5.97. The van der Waals surface area contributed by atoms with Crippen LogP contribution >= 0.6 is 22.6 Å². The Labute approximate surface area is 167 Å². The number of ketones is 1. The molecule has 2 aromatic rings. The molecule has 0 spiro atoms. The first-order valence-corrected chi connectivity index (χ1v) is 8.99. The van der Waals surface area contributed by atoms with Gasteiger partial charge in [-0.3, -0.25) is 9.63 Å². The number of halogens is 4. The maximum absolute atomic E-state index is 14.2. The van der Waals surface area contributed by atoms with Crippen LogP contribution in [0, 0.1) is 21.0 Å². The van der Waals surface area contributed by atoms with E-state index >= 15 is 0 Å². The molecule has 0 saturated carbocycles. The Kier molecular flexibility index (Phi) is 7.60. The van der Waals surface area contributed by atoms with Gasteiger partial charge in [-0.15, -0.1) is 0 Å². The summed E-state index contributed by atoms with van der Waals surface area (Å²) in [7, 11) is 0. The van der Waals surface area contributed by atoms with E-state index < -0.39 is 29.0 Å². The number of nitrogens with one attached hydrogen (secondary N) is 2. The lowest BCUT2D eigenvalue weighted by atomic mass is 10.1. The van der Waals surface area contributed by atoms with Crippen molar-refractivity contribution in [1.29, 1.82) is 0 Å². The number of hydrogen-bond acceptors (Lipinski definition) is 4. The minimum Gasteiger partial charge on any atom is -0.350 e. The molecule has 0 aliphatic rings. The van der Waals surface area contributed by atoms with Crippen molar-refractivity contribution in [3.8, 4) is 0 Å². The van der Waals surface area contributed by atoms with Gasteiger partial charge in [-0.25, -0.2) is 18.7 Å². The van der Waals surface area contributed by atoms with Crippen LogP contribution in [0.15, 0.2) is 30.3 Å². The molecule has 0 unspecified atom stereocenters. The van der Waals surface area contributed by atoms with E-state index in [1.807, 2.05) is 22.6 Å². The van der Waals surface area contributed by atoms with Crippen molar-refractivity contribution in [2.75, 3.05) is 11.9 Å². The van der Waals surface area contributed by atoms with Crippen molar-refractivity contribution in [2.24, 2.45) is 0 Å². The maximum atomic E-state index is 14.2. The molecular formula is C18H16F3IN2O3. The number of anilines is 2. The van der Waals surface area contributed by atoms with Crippen LogP contribution in [0.3, 0.4) is 0 Å². The van der Waals surface area contributed by atoms with Crippen LogP contribution in [0.5, 0.6) is 0 Å². The highest BCUT2D eigenvalue weighted by atomic mass is 127. The summed E-state index contributed by atoms with van der Waals surface area (Å²) in [4.78, 5) is 28.0. The molecule has 9 heteroatoms. The minimum absolute atomic E-state index is 0.0171. The molecule has 0 bridgehead atoms. The molecule has 0 atom stereocenters. The molecule has 0 aliphatic heterocycles. The lowest BCUT2D eigenvalue weighted by molar-refractivity contribution is -0.117. The Bertz CT molecular complexity index is 862. The number of amides is 1. The lowest BCUT2D eigenvalue weighted by Crippen LogP contribution is -2.25. The van der Waals surface area contributed by atoms with Gasteiger partial charge < -0.3 is 10.1 Å². The average Bonchev–Trinajstić information content (AvgIpc) is 2.60. The number of carbonyl (C=O) groups excluding carboxylic acids is 2. The van der Waals surface area contributed by atoms with Gasteiger partial charge in [0.15, 0.2) is 11.6 Å². The third-order valence-electron chi connectivity index (χ3n) is 3.47. The van der Waals surface area contributed by atoms with Crippen molar-refractivity contribution in [3.05, 3.63) is 56.9 Å². The number of hydrogen-bond donors (Lipinski definition) is 2. The molecule has 0 radical (unpaired) electrons.